The fourth-order valence-electron chi connectivity index (χ4n) is 2.47. The molecule has 0 aliphatic rings. The Bertz CT molecular complexity index is 682. The summed E-state index contributed by atoms with van der Waals surface area (Å²) in [5.41, 5.74) is 1.47. The smallest absolute Gasteiger partial charge is 0.243 e. The standard InChI is InChI=1S/C18H30N2O3S2/c1-7-16(17(21)19-11-12-24-18(3,4)5)20(25(6,22)23)15-10-8-9-14(2)13-15/h8-10,13,16H,7,11-12H2,1-6H3,(H,19,21)/t16-/m1/s1. The van der Waals surface area contributed by atoms with Gasteiger partial charge in [-0.25, -0.2) is 8.42 Å². The molecule has 0 saturated heterocycles. The molecule has 0 saturated carbocycles. The lowest BCUT2D eigenvalue weighted by Gasteiger charge is -2.30. The van der Waals surface area contributed by atoms with Gasteiger partial charge in [0, 0.05) is 17.0 Å². The summed E-state index contributed by atoms with van der Waals surface area (Å²) in [6, 6.07) is 6.45. The minimum atomic E-state index is -3.58. The molecule has 0 bridgehead atoms. The van der Waals surface area contributed by atoms with Gasteiger partial charge < -0.3 is 5.32 Å². The lowest BCUT2D eigenvalue weighted by atomic mass is 10.1. The average Bonchev–Trinajstić information content (AvgIpc) is 2.46. The third-order valence-corrected chi connectivity index (χ3v) is 5.98. The maximum atomic E-state index is 12.6. The second-order valence-corrected chi connectivity index (χ2v) is 10.9. The van der Waals surface area contributed by atoms with Crippen LogP contribution >= 0.6 is 11.8 Å². The number of amides is 1. The first-order valence-corrected chi connectivity index (χ1v) is 11.3. The maximum absolute atomic E-state index is 12.6. The van der Waals surface area contributed by atoms with Crippen LogP contribution in [0.15, 0.2) is 24.3 Å². The summed E-state index contributed by atoms with van der Waals surface area (Å²) in [5, 5.41) is 2.88. The van der Waals surface area contributed by atoms with E-state index in [4.69, 9.17) is 0 Å². The molecule has 0 radical (unpaired) electrons. The molecule has 7 heteroatoms. The molecule has 1 aromatic carbocycles. The van der Waals surface area contributed by atoms with E-state index in [1.165, 1.54) is 4.31 Å². The van der Waals surface area contributed by atoms with Crippen molar-refractivity contribution < 1.29 is 13.2 Å². The van der Waals surface area contributed by atoms with Crippen LogP contribution in [0.2, 0.25) is 0 Å². The van der Waals surface area contributed by atoms with Gasteiger partial charge in [0.2, 0.25) is 15.9 Å². The molecule has 0 aromatic heterocycles. The summed E-state index contributed by atoms with van der Waals surface area (Å²) in [6.07, 6.45) is 1.54. The molecule has 1 N–H and O–H groups in total. The molecule has 0 aliphatic heterocycles. The van der Waals surface area contributed by atoms with Gasteiger partial charge in [0.25, 0.3) is 0 Å². The topological polar surface area (TPSA) is 66.5 Å². The van der Waals surface area contributed by atoms with Crippen LogP contribution in [0.1, 0.15) is 39.7 Å². The lowest BCUT2D eigenvalue weighted by molar-refractivity contribution is -0.122. The average molecular weight is 387 g/mol. The van der Waals surface area contributed by atoms with E-state index in [1.54, 1.807) is 30.0 Å². The summed E-state index contributed by atoms with van der Waals surface area (Å²) < 4.78 is 26.1. The van der Waals surface area contributed by atoms with E-state index in [0.29, 0.717) is 18.7 Å². The van der Waals surface area contributed by atoms with Crippen molar-refractivity contribution in [1.29, 1.82) is 0 Å². The Labute approximate surface area is 156 Å². The molecule has 1 rings (SSSR count). The van der Waals surface area contributed by atoms with Gasteiger partial charge in [-0.3, -0.25) is 9.10 Å². The summed E-state index contributed by atoms with van der Waals surface area (Å²) >= 11 is 1.76. The zero-order chi connectivity index (χ0) is 19.3. The Kier molecular flexibility index (Phi) is 7.81. The molecule has 0 heterocycles. The fourth-order valence-corrected chi connectivity index (χ4v) is 4.49. The third-order valence-electron chi connectivity index (χ3n) is 3.52. The summed E-state index contributed by atoms with van der Waals surface area (Å²) in [4.78, 5) is 12.6. The normalized spacial score (nSPS) is 13.4. The van der Waals surface area contributed by atoms with Gasteiger partial charge in [0.05, 0.1) is 11.9 Å². The second kappa shape index (κ2) is 8.94. The van der Waals surface area contributed by atoms with Crippen molar-refractivity contribution in [3.05, 3.63) is 29.8 Å². The van der Waals surface area contributed by atoms with Gasteiger partial charge in [-0.15, -0.1) is 0 Å². The van der Waals surface area contributed by atoms with Gasteiger partial charge in [0.1, 0.15) is 6.04 Å². The Balaban J connectivity index is 2.93. The fraction of sp³-hybridized carbons (Fsp3) is 0.611. The number of rotatable bonds is 8. The number of benzene rings is 1. The van der Waals surface area contributed by atoms with Gasteiger partial charge in [-0.2, -0.15) is 11.8 Å². The minimum absolute atomic E-state index is 0.134. The van der Waals surface area contributed by atoms with Crippen LogP contribution in [-0.2, 0) is 14.8 Å². The van der Waals surface area contributed by atoms with Crippen molar-refractivity contribution in [1.82, 2.24) is 5.32 Å². The first-order chi connectivity index (χ1) is 11.5. The monoisotopic (exact) mass is 386 g/mol. The first-order valence-electron chi connectivity index (χ1n) is 8.43. The van der Waals surface area contributed by atoms with Crippen LogP contribution in [0.4, 0.5) is 5.69 Å². The van der Waals surface area contributed by atoms with Crippen molar-refractivity contribution in [2.24, 2.45) is 0 Å². The molecule has 0 unspecified atom stereocenters. The summed E-state index contributed by atoms with van der Waals surface area (Å²) in [5.74, 6) is 0.526. The SMILES string of the molecule is CC[C@H](C(=O)NCCSC(C)(C)C)N(c1cccc(C)c1)S(C)(=O)=O. The van der Waals surface area contributed by atoms with Gasteiger partial charge in [-0.1, -0.05) is 39.8 Å². The highest BCUT2D eigenvalue weighted by molar-refractivity contribution is 8.00. The molecule has 0 fully saturated rings. The highest BCUT2D eigenvalue weighted by Gasteiger charge is 2.31. The van der Waals surface area contributed by atoms with Crippen LogP contribution in [0.3, 0.4) is 0 Å². The largest absolute Gasteiger partial charge is 0.353 e. The molecule has 1 amide bonds. The van der Waals surface area contributed by atoms with Crippen molar-refractivity contribution in [3.63, 3.8) is 0 Å². The number of carbonyl (C=O) groups is 1. The quantitative estimate of drug-likeness (QED) is 0.697. The van der Waals surface area contributed by atoms with Gasteiger partial charge in [0.15, 0.2) is 0 Å². The van der Waals surface area contributed by atoms with E-state index in [9.17, 15) is 13.2 Å². The molecule has 0 aliphatic carbocycles. The molecule has 0 spiro atoms. The number of hydrogen-bond donors (Lipinski definition) is 1. The van der Waals surface area contributed by atoms with E-state index < -0.39 is 16.1 Å². The lowest BCUT2D eigenvalue weighted by Crippen LogP contribution is -2.49. The third kappa shape index (κ3) is 7.28. The minimum Gasteiger partial charge on any atom is -0.353 e. The van der Waals surface area contributed by atoms with Crippen molar-refractivity contribution in [3.8, 4) is 0 Å². The Morgan fingerprint density at radius 3 is 2.44 bits per heavy atom. The molecule has 1 atom stereocenters. The van der Waals surface area contributed by atoms with Crippen LogP contribution in [0.25, 0.3) is 0 Å². The summed E-state index contributed by atoms with van der Waals surface area (Å²) in [7, 11) is -3.58. The summed E-state index contributed by atoms with van der Waals surface area (Å²) in [6.45, 7) is 10.6. The van der Waals surface area contributed by atoms with E-state index in [2.05, 4.69) is 26.1 Å². The molecular formula is C18H30N2O3S2. The van der Waals surface area contributed by atoms with E-state index in [-0.39, 0.29) is 10.7 Å². The second-order valence-electron chi connectivity index (χ2n) is 7.07. The van der Waals surface area contributed by atoms with Crippen molar-refractivity contribution in [2.45, 2.75) is 51.8 Å². The number of nitrogens with zero attached hydrogens (tertiary/aromatic N) is 1. The maximum Gasteiger partial charge on any atom is 0.243 e. The molecule has 25 heavy (non-hydrogen) atoms. The zero-order valence-corrected chi connectivity index (χ0v) is 17.6. The number of carbonyl (C=O) groups excluding carboxylic acids is 1. The van der Waals surface area contributed by atoms with Gasteiger partial charge in [-0.05, 0) is 31.0 Å². The molecule has 142 valence electrons. The highest BCUT2D eigenvalue weighted by atomic mass is 32.2. The van der Waals surface area contributed by atoms with E-state index in [0.717, 1.165) is 17.6 Å². The Morgan fingerprint density at radius 2 is 1.96 bits per heavy atom. The molecule has 5 nitrogen and oxygen atoms in total. The number of nitrogens with one attached hydrogen (secondary N) is 1. The van der Waals surface area contributed by atoms with Crippen LogP contribution in [0.5, 0.6) is 0 Å². The molecule has 1 aromatic rings. The Morgan fingerprint density at radius 1 is 1.32 bits per heavy atom. The van der Waals surface area contributed by atoms with Crippen LogP contribution in [0, 0.1) is 6.92 Å². The number of aryl methyl sites for hydroxylation is 1. The Hall–Kier alpha value is -1.21. The van der Waals surface area contributed by atoms with E-state index in [1.807, 2.05) is 19.9 Å². The van der Waals surface area contributed by atoms with Gasteiger partial charge >= 0.3 is 0 Å². The number of thioether (sulfide) groups is 1. The predicted octanol–water partition coefficient (Wildman–Crippen LogP) is 3.19. The van der Waals surface area contributed by atoms with Crippen LogP contribution in [-0.4, -0.2) is 43.7 Å². The highest BCUT2D eigenvalue weighted by Crippen LogP contribution is 2.24. The number of hydrogen-bond acceptors (Lipinski definition) is 4. The zero-order valence-electron chi connectivity index (χ0n) is 16.0. The predicted molar refractivity (Wildman–Crippen MR) is 108 cm³/mol. The van der Waals surface area contributed by atoms with Crippen molar-refractivity contribution >= 4 is 33.4 Å². The number of anilines is 1. The van der Waals surface area contributed by atoms with Crippen LogP contribution < -0.4 is 9.62 Å². The molecular weight excluding hydrogens is 356 g/mol. The first kappa shape index (κ1) is 21.8. The van der Waals surface area contributed by atoms with E-state index >= 15 is 0 Å². The number of sulfonamides is 1. The van der Waals surface area contributed by atoms with Crippen molar-refractivity contribution in [2.75, 3.05) is 22.9 Å².